The highest BCUT2D eigenvalue weighted by atomic mass is 127. The maximum atomic E-state index is 9.37. The fourth-order valence-electron chi connectivity index (χ4n) is 1.27. The normalized spacial score (nSPS) is 10.9. The molecule has 1 heterocycles. The number of rotatable bonds is 1. The second kappa shape index (κ2) is 3.74. The van der Waals surface area contributed by atoms with Crippen molar-refractivity contribution >= 4 is 59.9 Å². The third-order valence-corrected chi connectivity index (χ3v) is 4.04. The van der Waals surface area contributed by atoms with Gasteiger partial charge in [-0.25, -0.2) is 0 Å². The number of hydrogen-bond donors (Lipinski definition) is 1. The van der Waals surface area contributed by atoms with Crippen molar-refractivity contribution in [2.45, 2.75) is 5.33 Å². The van der Waals surface area contributed by atoms with Crippen molar-refractivity contribution in [3.05, 3.63) is 27.3 Å². The van der Waals surface area contributed by atoms with Gasteiger partial charge in [0, 0.05) is 13.6 Å². The van der Waals surface area contributed by atoms with E-state index in [0.717, 1.165) is 10.7 Å². The lowest BCUT2D eigenvalue weighted by atomic mass is 10.2. The maximum absolute atomic E-state index is 9.37. The van der Waals surface area contributed by atoms with E-state index in [0.29, 0.717) is 5.06 Å². The van der Waals surface area contributed by atoms with Gasteiger partial charge in [0.05, 0.1) is 0 Å². The SMILES string of the molecule is Oc1cc2cc(I)cc(CBr)c2s1. The number of benzene rings is 1. The highest BCUT2D eigenvalue weighted by Crippen LogP contribution is 2.35. The monoisotopic (exact) mass is 368 g/mol. The van der Waals surface area contributed by atoms with Crippen molar-refractivity contribution in [2.75, 3.05) is 0 Å². The van der Waals surface area contributed by atoms with Crippen LogP contribution >= 0.6 is 49.9 Å². The van der Waals surface area contributed by atoms with Crippen molar-refractivity contribution in [1.82, 2.24) is 0 Å². The molecule has 0 aliphatic carbocycles. The van der Waals surface area contributed by atoms with Gasteiger partial charge in [-0.3, -0.25) is 0 Å². The molecule has 0 bridgehead atoms. The van der Waals surface area contributed by atoms with Gasteiger partial charge in [-0.05, 0) is 51.7 Å². The Bertz CT molecular complexity index is 452. The molecule has 13 heavy (non-hydrogen) atoms. The second-order valence-corrected chi connectivity index (χ2v) is 5.54. The van der Waals surface area contributed by atoms with Crippen molar-refractivity contribution in [3.63, 3.8) is 0 Å². The first kappa shape index (κ1) is 9.73. The van der Waals surface area contributed by atoms with Gasteiger partial charge in [0.2, 0.25) is 0 Å². The summed E-state index contributed by atoms with van der Waals surface area (Å²) in [6.07, 6.45) is 0. The van der Waals surface area contributed by atoms with Gasteiger partial charge in [0.15, 0.2) is 5.06 Å². The van der Waals surface area contributed by atoms with E-state index in [4.69, 9.17) is 0 Å². The molecule has 0 atom stereocenters. The molecular weight excluding hydrogens is 363 g/mol. The Labute approximate surface area is 102 Å². The average Bonchev–Trinajstić information content (AvgIpc) is 2.43. The Morgan fingerprint density at radius 3 is 2.85 bits per heavy atom. The van der Waals surface area contributed by atoms with Gasteiger partial charge < -0.3 is 5.11 Å². The molecule has 0 fully saturated rings. The first-order valence-electron chi connectivity index (χ1n) is 3.67. The molecule has 1 aromatic heterocycles. The predicted molar refractivity (Wildman–Crippen MR) is 68.8 cm³/mol. The molecule has 0 radical (unpaired) electrons. The summed E-state index contributed by atoms with van der Waals surface area (Å²) in [5.41, 5.74) is 1.24. The molecule has 68 valence electrons. The predicted octanol–water partition coefficient (Wildman–Crippen LogP) is 4.11. The van der Waals surface area contributed by atoms with Gasteiger partial charge >= 0.3 is 0 Å². The maximum Gasteiger partial charge on any atom is 0.172 e. The lowest BCUT2D eigenvalue weighted by Crippen LogP contribution is -1.79. The molecule has 0 aliphatic rings. The van der Waals surface area contributed by atoms with Crippen LogP contribution in [0.3, 0.4) is 0 Å². The topological polar surface area (TPSA) is 20.2 Å². The molecule has 1 N–H and O–H groups in total. The van der Waals surface area contributed by atoms with Gasteiger partial charge in [-0.2, -0.15) is 0 Å². The van der Waals surface area contributed by atoms with Crippen molar-refractivity contribution in [2.24, 2.45) is 0 Å². The number of thiophene rings is 1. The van der Waals surface area contributed by atoms with Crippen LogP contribution in [-0.2, 0) is 5.33 Å². The Morgan fingerprint density at radius 1 is 1.38 bits per heavy atom. The van der Waals surface area contributed by atoms with Crippen LogP contribution in [0, 0.1) is 3.57 Å². The fourth-order valence-corrected chi connectivity index (χ4v) is 3.50. The summed E-state index contributed by atoms with van der Waals surface area (Å²) < 4.78 is 2.38. The van der Waals surface area contributed by atoms with E-state index in [1.165, 1.54) is 25.2 Å². The standard InChI is InChI=1S/C9H6BrIOS/c10-4-6-2-7(11)1-5-3-8(12)13-9(5)6/h1-3,12H,4H2. The third-order valence-electron chi connectivity index (χ3n) is 1.79. The van der Waals surface area contributed by atoms with E-state index in [1.807, 2.05) is 6.07 Å². The lowest BCUT2D eigenvalue weighted by molar-refractivity contribution is 0.491. The Kier molecular flexibility index (Phi) is 2.80. The molecule has 4 heteroatoms. The summed E-state index contributed by atoms with van der Waals surface area (Å²) >= 11 is 7.17. The first-order valence-corrected chi connectivity index (χ1v) is 6.69. The molecule has 1 aromatic carbocycles. The second-order valence-electron chi connectivity index (χ2n) is 2.70. The van der Waals surface area contributed by atoms with Crippen LogP contribution < -0.4 is 0 Å². The van der Waals surface area contributed by atoms with Crippen LogP contribution in [0.15, 0.2) is 18.2 Å². The van der Waals surface area contributed by atoms with Crippen LogP contribution in [0.1, 0.15) is 5.56 Å². The van der Waals surface area contributed by atoms with Gasteiger partial charge in [-0.1, -0.05) is 27.3 Å². The first-order chi connectivity index (χ1) is 6.20. The highest BCUT2D eigenvalue weighted by Gasteiger charge is 2.06. The smallest absolute Gasteiger partial charge is 0.172 e. The molecule has 0 spiro atoms. The van der Waals surface area contributed by atoms with E-state index < -0.39 is 0 Å². The summed E-state index contributed by atoms with van der Waals surface area (Å²) in [6.45, 7) is 0. The lowest BCUT2D eigenvalue weighted by Gasteiger charge is -1.98. The largest absolute Gasteiger partial charge is 0.499 e. The number of fused-ring (bicyclic) bond motifs is 1. The van der Waals surface area contributed by atoms with E-state index in [9.17, 15) is 5.11 Å². The fraction of sp³-hybridized carbons (Fsp3) is 0.111. The molecule has 0 saturated heterocycles. The Balaban J connectivity index is 2.80. The minimum Gasteiger partial charge on any atom is -0.499 e. The van der Waals surface area contributed by atoms with Crippen molar-refractivity contribution in [3.8, 4) is 5.06 Å². The van der Waals surface area contributed by atoms with Crippen LogP contribution in [0.2, 0.25) is 0 Å². The number of alkyl halides is 1. The summed E-state index contributed by atoms with van der Waals surface area (Å²) in [5.74, 6) is 0. The van der Waals surface area contributed by atoms with Crippen LogP contribution in [0.4, 0.5) is 0 Å². The van der Waals surface area contributed by atoms with E-state index in [1.54, 1.807) is 0 Å². The summed E-state index contributed by atoms with van der Waals surface area (Å²) in [5, 5.41) is 11.7. The number of hydrogen-bond acceptors (Lipinski definition) is 2. The summed E-state index contributed by atoms with van der Waals surface area (Å²) in [4.78, 5) is 0. The summed E-state index contributed by atoms with van der Waals surface area (Å²) in [6, 6.07) is 6.03. The van der Waals surface area contributed by atoms with Crippen LogP contribution in [0.5, 0.6) is 5.06 Å². The number of halogens is 2. The minimum atomic E-state index is 0.388. The van der Waals surface area contributed by atoms with E-state index in [2.05, 4.69) is 50.7 Å². The molecule has 0 saturated carbocycles. The summed E-state index contributed by atoms with van der Waals surface area (Å²) in [7, 11) is 0. The van der Waals surface area contributed by atoms with Gasteiger partial charge in [-0.15, -0.1) is 0 Å². The zero-order chi connectivity index (χ0) is 9.42. The number of aromatic hydroxyl groups is 1. The Morgan fingerprint density at radius 2 is 2.15 bits per heavy atom. The molecular formula is C9H6BrIOS. The van der Waals surface area contributed by atoms with Gasteiger partial charge in [0.25, 0.3) is 0 Å². The van der Waals surface area contributed by atoms with Crippen molar-refractivity contribution in [1.29, 1.82) is 0 Å². The van der Waals surface area contributed by atoms with E-state index in [-0.39, 0.29) is 0 Å². The van der Waals surface area contributed by atoms with E-state index >= 15 is 0 Å². The van der Waals surface area contributed by atoms with Crippen LogP contribution in [-0.4, -0.2) is 5.11 Å². The highest BCUT2D eigenvalue weighted by molar-refractivity contribution is 14.1. The quantitative estimate of drug-likeness (QED) is 0.593. The molecule has 0 aliphatic heterocycles. The van der Waals surface area contributed by atoms with Crippen molar-refractivity contribution < 1.29 is 5.11 Å². The zero-order valence-electron chi connectivity index (χ0n) is 6.55. The molecule has 0 unspecified atom stereocenters. The molecule has 1 nitrogen and oxygen atoms in total. The third kappa shape index (κ3) is 1.85. The molecule has 2 rings (SSSR count). The Hall–Kier alpha value is 0.190. The van der Waals surface area contributed by atoms with Crippen LogP contribution in [0.25, 0.3) is 10.1 Å². The average molecular weight is 369 g/mol. The van der Waals surface area contributed by atoms with Gasteiger partial charge in [0.1, 0.15) is 0 Å². The minimum absolute atomic E-state index is 0.388. The molecule has 2 aromatic rings. The zero-order valence-corrected chi connectivity index (χ0v) is 11.1. The molecule has 0 amide bonds.